The molecule has 2 fully saturated rings. The highest BCUT2D eigenvalue weighted by atomic mass is 32.2. The summed E-state index contributed by atoms with van der Waals surface area (Å²) < 4.78 is 28.2. The molecular weight excluding hydrogens is 450 g/mol. The SMILES string of the molecule is Cc1ccc(S(=O)(=O)N(C)C2(C(=O)C3=CC(NC(=O)C4CCNCC4)=CC[CH]3)CCCC2)cc1. The van der Waals surface area contributed by atoms with Crippen molar-refractivity contribution in [3.8, 4) is 0 Å². The Hall–Kier alpha value is -2.29. The number of aryl methyl sites for hydroxylation is 1. The minimum atomic E-state index is -3.85. The van der Waals surface area contributed by atoms with Gasteiger partial charge in [-0.1, -0.05) is 36.6 Å². The molecule has 1 aliphatic heterocycles. The number of piperidine rings is 1. The van der Waals surface area contributed by atoms with E-state index >= 15 is 0 Å². The minimum absolute atomic E-state index is 0.0210. The summed E-state index contributed by atoms with van der Waals surface area (Å²) in [4.78, 5) is 26.8. The molecule has 183 valence electrons. The van der Waals surface area contributed by atoms with E-state index in [-0.39, 0.29) is 22.5 Å². The topological polar surface area (TPSA) is 95.6 Å². The van der Waals surface area contributed by atoms with Gasteiger partial charge in [-0.05, 0) is 76.7 Å². The summed E-state index contributed by atoms with van der Waals surface area (Å²) in [6.07, 6.45) is 10.1. The predicted octanol–water partition coefficient (Wildman–Crippen LogP) is 3.03. The highest BCUT2D eigenvalue weighted by Crippen LogP contribution is 2.41. The predicted molar refractivity (Wildman–Crippen MR) is 131 cm³/mol. The minimum Gasteiger partial charge on any atom is -0.326 e. The summed E-state index contributed by atoms with van der Waals surface area (Å²) in [7, 11) is -2.32. The highest BCUT2D eigenvalue weighted by molar-refractivity contribution is 7.89. The number of benzene rings is 1. The summed E-state index contributed by atoms with van der Waals surface area (Å²) >= 11 is 0. The second-order valence-corrected chi connectivity index (χ2v) is 11.5. The molecule has 34 heavy (non-hydrogen) atoms. The van der Waals surface area contributed by atoms with Gasteiger partial charge in [-0.15, -0.1) is 0 Å². The molecule has 1 radical (unpaired) electrons. The van der Waals surface area contributed by atoms with Gasteiger partial charge in [0.25, 0.3) is 0 Å². The molecule has 2 N–H and O–H groups in total. The molecule has 1 saturated heterocycles. The fourth-order valence-electron chi connectivity index (χ4n) is 5.18. The molecule has 7 nitrogen and oxygen atoms in total. The maximum absolute atomic E-state index is 13.9. The molecule has 1 amide bonds. The molecule has 0 spiro atoms. The van der Waals surface area contributed by atoms with Gasteiger partial charge in [-0.2, -0.15) is 4.31 Å². The van der Waals surface area contributed by atoms with Crippen LogP contribution in [0.4, 0.5) is 0 Å². The first-order valence-corrected chi connectivity index (χ1v) is 13.6. The number of nitrogens with one attached hydrogen (secondary N) is 2. The highest BCUT2D eigenvalue weighted by Gasteiger charge is 2.50. The van der Waals surface area contributed by atoms with Crippen LogP contribution in [0.3, 0.4) is 0 Å². The molecule has 0 aromatic heterocycles. The van der Waals surface area contributed by atoms with E-state index < -0.39 is 15.6 Å². The van der Waals surface area contributed by atoms with Crippen LogP contribution in [0.15, 0.2) is 52.6 Å². The third-order valence-electron chi connectivity index (χ3n) is 7.36. The van der Waals surface area contributed by atoms with Crippen molar-refractivity contribution in [2.45, 2.75) is 62.3 Å². The van der Waals surface area contributed by atoms with Crippen LogP contribution in [0.2, 0.25) is 0 Å². The lowest BCUT2D eigenvalue weighted by Gasteiger charge is -2.37. The summed E-state index contributed by atoms with van der Waals surface area (Å²) in [5, 5.41) is 6.24. The van der Waals surface area contributed by atoms with E-state index in [4.69, 9.17) is 0 Å². The largest absolute Gasteiger partial charge is 0.326 e. The van der Waals surface area contributed by atoms with Crippen LogP contribution in [0.1, 0.15) is 50.5 Å². The molecule has 2 aliphatic carbocycles. The van der Waals surface area contributed by atoms with Crippen molar-refractivity contribution >= 4 is 21.7 Å². The van der Waals surface area contributed by atoms with Gasteiger partial charge < -0.3 is 10.6 Å². The standard InChI is InChI=1S/C26H34N3O4S/c1-19-8-10-23(11-9-19)34(32,33)29(2)26(14-3-4-15-26)24(30)21-6-5-7-22(18-21)28-25(31)20-12-16-27-17-13-20/h6-11,18,20,27H,3-5,12-17H2,1-2H3,(H,28,31). The van der Waals surface area contributed by atoms with E-state index in [1.54, 1.807) is 30.3 Å². The number of amides is 1. The maximum atomic E-state index is 13.9. The smallest absolute Gasteiger partial charge is 0.243 e. The Morgan fingerprint density at radius 3 is 2.38 bits per heavy atom. The quantitative estimate of drug-likeness (QED) is 0.620. The van der Waals surface area contributed by atoms with Crippen LogP contribution >= 0.6 is 0 Å². The van der Waals surface area contributed by atoms with Crippen LogP contribution in [0.25, 0.3) is 0 Å². The molecular formula is C26H34N3O4S. The van der Waals surface area contributed by atoms with Crippen molar-refractivity contribution in [2.75, 3.05) is 20.1 Å². The third-order valence-corrected chi connectivity index (χ3v) is 9.30. The fourth-order valence-corrected chi connectivity index (χ4v) is 6.71. The maximum Gasteiger partial charge on any atom is 0.243 e. The number of rotatable bonds is 7. The Labute approximate surface area is 202 Å². The van der Waals surface area contributed by atoms with E-state index in [2.05, 4.69) is 10.6 Å². The van der Waals surface area contributed by atoms with Crippen LogP contribution in [-0.4, -0.2) is 50.1 Å². The summed E-state index contributed by atoms with van der Waals surface area (Å²) in [5.74, 6) is -0.246. The molecule has 0 atom stereocenters. The Morgan fingerprint density at radius 1 is 1.09 bits per heavy atom. The van der Waals surface area contributed by atoms with Crippen LogP contribution < -0.4 is 10.6 Å². The Bertz CT molecular complexity index is 1090. The van der Waals surface area contributed by atoms with Crippen molar-refractivity contribution < 1.29 is 18.0 Å². The summed E-state index contributed by atoms with van der Waals surface area (Å²) in [6, 6.07) is 6.72. The number of ketones is 1. The zero-order valence-electron chi connectivity index (χ0n) is 20.0. The lowest BCUT2D eigenvalue weighted by Crippen LogP contribution is -2.54. The molecule has 1 aromatic rings. The van der Waals surface area contributed by atoms with E-state index in [9.17, 15) is 18.0 Å². The monoisotopic (exact) mass is 484 g/mol. The molecule has 4 rings (SSSR count). The summed E-state index contributed by atoms with van der Waals surface area (Å²) in [6.45, 7) is 3.56. The number of Topliss-reactive ketones (excluding diaryl/α,β-unsaturated/α-hetero) is 1. The van der Waals surface area contributed by atoms with Crippen LogP contribution in [-0.2, 0) is 19.6 Å². The van der Waals surface area contributed by atoms with E-state index in [0.29, 0.717) is 30.5 Å². The lowest BCUT2D eigenvalue weighted by molar-refractivity contribution is -0.125. The molecule has 0 unspecified atom stereocenters. The molecule has 1 heterocycles. The molecule has 8 heteroatoms. The van der Waals surface area contributed by atoms with Gasteiger partial charge in [0.15, 0.2) is 5.78 Å². The van der Waals surface area contributed by atoms with Crippen LogP contribution in [0.5, 0.6) is 0 Å². The first kappa shape index (κ1) is 24.8. The third kappa shape index (κ3) is 4.90. The first-order chi connectivity index (χ1) is 16.2. The van der Waals surface area contributed by atoms with Crippen LogP contribution in [0, 0.1) is 19.3 Å². The number of hydrogen-bond donors (Lipinski definition) is 2. The number of allylic oxidation sites excluding steroid dienone is 2. The zero-order valence-corrected chi connectivity index (χ0v) is 20.8. The average molecular weight is 485 g/mol. The van der Waals surface area contributed by atoms with Gasteiger partial charge in [-0.3, -0.25) is 9.59 Å². The molecule has 1 saturated carbocycles. The van der Waals surface area contributed by atoms with Gasteiger partial charge in [0.1, 0.15) is 0 Å². The number of sulfonamides is 1. The number of hydrogen-bond acceptors (Lipinski definition) is 5. The van der Waals surface area contributed by atoms with Crippen molar-refractivity contribution in [3.63, 3.8) is 0 Å². The summed E-state index contributed by atoms with van der Waals surface area (Å²) in [5.41, 5.74) is 0.941. The van der Waals surface area contributed by atoms with E-state index in [0.717, 1.165) is 44.3 Å². The van der Waals surface area contributed by atoms with Gasteiger partial charge in [0.2, 0.25) is 15.9 Å². The lowest BCUT2D eigenvalue weighted by atomic mass is 9.84. The zero-order chi connectivity index (χ0) is 24.3. The van der Waals surface area contributed by atoms with Gasteiger partial charge in [0, 0.05) is 24.2 Å². The second kappa shape index (κ2) is 10.1. The average Bonchev–Trinajstić information content (AvgIpc) is 3.35. The number of carbonyl (C=O) groups is 2. The van der Waals surface area contributed by atoms with Crippen molar-refractivity contribution in [2.24, 2.45) is 5.92 Å². The molecule has 3 aliphatic rings. The van der Waals surface area contributed by atoms with Gasteiger partial charge in [0.05, 0.1) is 10.4 Å². The Morgan fingerprint density at radius 2 is 1.74 bits per heavy atom. The number of likely N-dealkylation sites (N-methyl/N-ethyl adjacent to an activating group) is 1. The number of nitrogens with zero attached hydrogens (tertiary/aromatic N) is 1. The normalized spacial score (nSPS) is 21.1. The van der Waals surface area contributed by atoms with Gasteiger partial charge >= 0.3 is 0 Å². The number of carbonyl (C=O) groups excluding carboxylic acids is 2. The van der Waals surface area contributed by atoms with Gasteiger partial charge in [-0.25, -0.2) is 8.42 Å². The second-order valence-electron chi connectivity index (χ2n) is 9.57. The first-order valence-electron chi connectivity index (χ1n) is 12.1. The Balaban J connectivity index is 1.56. The fraction of sp³-hybridized carbons (Fsp3) is 0.500. The van der Waals surface area contributed by atoms with Crippen molar-refractivity contribution in [1.82, 2.24) is 14.9 Å². The molecule has 0 bridgehead atoms. The Kier molecular flexibility index (Phi) is 7.40. The molecule has 1 aromatic carbocycles. The van der Waals surface area contributed by atoms with Crippen molar-refractivity contribution in [1.29, 1.82) is 0 Å². The van der Waals surface area contributed by atoms with E-state index in [1.165, 1.54) is 11.4 Å². The van der Waals surface area contributed by atoms with Crippen molar-refractivity contribution in [3.05, 3.63) is 59.7 Å². The van der Waals surface area contributed by atoms with E-state index in [1.807, 2.05) is 19.4 Å².